The SMILES string of the molecule is C[C@@H]1N[C@@H]([C@@H](O)[C@@H](N)Cc2ccccc2)CO[C@H]1OCC(C)(C)C. The number of benzene rings is 1. The fraction of sp³-hybridized carbons (Fsp3) is 0.684. The number of nitrogens with one attached hydrogen (secondary N) is 1. The highest BCUT2D eigenvalue weighted by Crippen LogP contribution is 2.19. The number of aliphatic hydroxyl groups is 1. The van der Waals surface area contributed by atoms with E-state index in [4.69, 9.17) is 15.2 Å². The quantitative estimate of drug-likeness (QED) is 0.737. The Balaban J connectivity index is 1.83. The first kappa shape index (κ1) is 19.3. The fourth-order valence-corrected chi connectivity index (χ4v) is 2.83. The van der Waals surface area contributed by atoms with Crippen LogP contribution in [0, 0.1) is 5.41 Å². The summed E-state index contributed by atoms with van der Waals surface area (Å²) in [5.41, 5.74) is 7.42. The molecule has 0 saturated carbocycles. The van der Waals surface area contributed by atoms with Gasteiger partial charge in [-0.2, -0.15) is 0 Å². The zero-order chi connectivity index (χ0) is 17.7. The fourth-order valence-electron chi connectivity index (χ4n) is 2.83. The van der Waals surface area contributed by atoms with Crippen molar-refractivity contribution < 1.29 is 14.6 Å². The minimum Gasteiger partial charge on any atom is -0.390 e. The Hall–Kier alpha value is -0.980. The van der Waals surface area contributed by atoms with Gasteiger partial charge in [0.1, 0.15) is 0 Å². The molecule has 1 saturated heterocycles. The van der Waals surface area contributed by atoms with E-state index in [0.29, 0.717) is 19.6 Å². The zero-order valence-electron chi connectivity index (χ0n) is 15.2. The van der Waals surface area contributed by atoms with Gasteiger partial charge in [-0.1, -0.05) is 51.1 Å². The third-order valence-corrected chi connectivity index (χ3v) is 4.17. The predicted molar refractivity (Wildman–Crippen MR) is 95.7 cm³/mol. The molecule has 2 rings (SSSR count). The van der Waals surface area contributed by atoms with Crippen LogP contribution in [0.2, 0.25) is 0 Å². The van der Waals surface area contributed by atoms with Crippen molar-refractivity contribution >= 4 is 0 Å². The van der Waals surface area contributed by atoms with Gasteiger partial charge in [-0.15, -0.1) is 0 Å². The topological polar surface area (TPSA) is 76.7 Å². The van der Waals surface area contributed by atoms with Crippen molar-refractivity contribution in [1.29, 1.82) is 0 Å². The van der Waals surface area contributed by atoms with Gasteiger partial charge < -0.3 is 25.6 Å². The van der Waals surface area contributed by atoms with Crippen LogP contribution in [0.15, 0.2) is 30.3 Å². The van der Waals surface area contributed by atoms with Crippen LogP contribution in [-0.2, 0) is 15.9 Å². The van der Waals surface area contributed by atoms with Crippen molar-refractivity contribution in [2.45, 2.75) is 64.6 Å². The van der Waals surface area contributed by atoms with E-state index in [9.17, 15) is 5.11 Å². The van der Waals surface area contributed by atoms with Crippen LogP contribution in [0.3, 0.4) is 0 Å². The Morgan fingerprint density at radius 1 is 1.33 bits per heavy atom. The lowest BCUT2D eigenvalue weighted by atomic mass is 9.96. The van der Waals surface area contributed by atoms with Gasteiger partial charge in [0.2, 0.25) is 0 Å². The van der Waals surface area contributed by atoms with Gasteiger partial charge in [-0.05, 0) is 24.3 Å². The van der Waals surface area contributed by atoms with Crippen LogP contribution in [0.25, 0.3) is 0 Å². The number of aliphatic hydroxyl groups excluding tert-OH is 1. The van der Waals surface area contributed by atoms with Crippen LogP contribution in [0.5, 0.6) is 0 Å². The van der Waals surface area contributed by atoms with Gasteiger partial charge >= 0.3 is 0 Å². The van der Waals surface area contributed by atoms with Crippen molar-refractivity contribution in [1.82, 2.24) is 5.32 Å². The number of morpholine rings is 1. The number of nitrogens with two attached hydrogens (primary N) is 1. The minimum absolute atomic E-state index is 0.00433. The second kappa shape index (κ2) is 8.41. The number of rotatable bonds is 6. The normalized spacial score (nSPS) is 27.7. The van der Waals surface area contributed by atoms with Crippen molar-refractivity contribution in [2.75, 3.05) is 13.2 Å². The minimum atomic E-state index is -0.670. The smallest absolute Gasteiger partial charge is 0.172 e. The standard InChI is InChI=1S/C19H32N2O3/c1-13-18(24-12-19(2,3)4)23-11-16(21-13)17(22)15(20)10-14-8-6-5-7-9-14/h5-9,13,15-18,21-22H,10-12,20H2,1-4H3/t13-,15-,16+,17-,18-/m0/s1. The molecule has 0 spiro atoms. The third-order valence-electron chi connectivity index (χ3n) is 4.17. The Morgan fingerprint density at radius 2 is 2.00 bits per heavy atom. The zero-order valence-corrected chi connectivity index (χ0v) is 15.2. The Bertz CT molecular complexity index is 489. The monoisotopic (exact) mass is 336 g/mol. The summed E-state index contributed by atoms with van der Waals surface area (Å²) in [5.74, 6) is 0. The average Bonchev–Trinajstić information content (AvgIpc) is 2.53. The Labute approximate surface area is 145 Å². The lowest BCUT2D eigenvalue weighted by molar-refractivity contribution is -0.200. The van der Waals surface area contributed by atoms with E-state index < -0.39 is 6.10 Å². The van der Waals surface area contributed by atoms with Crippen LogP contribution < -0.4 is 11.1 Å². The maximum atomic E-state index is 10.6. The molecule has 1 fully saturated rings. The first-order valence-electron chi connectivity index (χ1n) is 8.73. The maximum Gasteiger partial charge on any atom is 0.172 e. The highest BCUT2D eigenvalue weighted by atomic mass is 16.7. The molecule has 24 heavy (non-hydrogen) atoms. The van der Waals surface area contributed by atoms with Crippen LogP contribution in [-0.4, -0.2) is 48.8 Å². The average molecular weight is 336 g/mol. The van der Waals surface area contributed by atoms with Gasteiger partial charge in [0.15, 0.2) is 6.29 Å². The summed E-state index contributed by atoms with van der Waals surface area (Å²) >= 11 is 0. The van der Waals surface area contributed by atoms with Crippen molar-refractivity contribution in [2.24, 2.45) is 11.1 Å². The molecule has 0 aromatic heterocycles. The van der Waals surface area contributed by atoms with Gasteiger partial charge in [0, 0.05) is 6.04 Å². The lowest BCUT2D eigenvalue weighted by Gasteiger charge is -2.39. The van der Waals surface area contributed by atoms with E-state index in [0.717, 1.165) is 5.56 Å². The van der Waals surface area contributed by atoms with Crippen molar-refractivity contribution in [3.63, 3.8) is 0 Å². The van der Waals surface area contributed by atoms with Gasteiger partial charge in [-0.25, -0.2) is 0 Å². The summed E-state index contributed by atoms with van der Waals surface area (Å²) in [6, 6.07) is 9.46. The molecule has 0 aliphatic carbocycles. The molecule has 1 aromatic rings. The van der Waals surface area contributed by atoms with Crippen LogP contribution >= 0.6 is 0 Å². The predicted octanol–water partition coefficient (Wildman–Crippen LogP) is 1.68. The molecular weight excluding hydrogens is 304 g/mol. The lowest BCUT2D eigenvalue weighted by Crippen LogP contribution is -2.61. The van der Waals surface area contributed by atoms with E-state index in [-0.39, 0.29) is 29.8 Å². The van der Waals surface area contributed by atoms with Crippen LogP contribution in [0.4, 0.5) is 0 Å². The molecule has 5 atom stereocenters. The van der Waals surface area contributed by atoms with Crippen molar-refractivity contribution in [3.8, 4) is 0 Å². The summed E-state index contributed by atoms with van der Waals surface area (Å²) < 4.78 is 11.7. The molecule has 0 bridgehead atoms. The van der Waals surface area contributed by atoms with E-state index >= 15 is 0 Å². The molecule has 1 aromatic carbocycles. The highest BCUT2D eigenvalue weighted by Gasteiger charge is 2.35. The summed E-state index contributed by atoms with van der Waals surface area (Å²) in [7, 11) is 0. The molecule has 1 heterocycles. The summed E-state index contributed by atoms with van der Waals surface area (Å²) in [5, 5.41) is 13.9. The highest BCUT2D eigenvalue weighted by molar-refractivity contribution is 5.16. The molecule has 1 aliphatic heterocycles. The second-order valence-electron chi connectivity index (χ2n) is 7.98. The summed E-state index contributed by atoms with van der Waals surface area (Å²) in [6.07, 6.45) is -0.326. The van der Waals surface area contributed by atoms with E-state index in [2.05, 4.69) is 26.1 Å². The molecule has 5 heteroatoms. The molecular formula is C19H32N2O3. The molecule has 5 nitrogen and oxygen atoms in total. The molecule has 0 unspecified atom stereocenters. The van der Waals surface area contributed by atoms with E-state index in [1.165, 1.54) is 0 Å². The molecule has 0 amide bonds. The first-order chi connectivity index (χ1) is 11.3. The van der Waals surface area contributed by atoms with E-state index in [1.54, 1.807) is 0 Å². The molecule has 4 N–H and O–H groups in total. The largest absolute Gasteiger partial charge is 0.390 e. The maximum absolute atomic E-state index is 10.6. The number of hydrogen-bond donors (Lipinski definition) is 3. The van der Waals surface area contributed by atoms with Crippen LogP contribution in [0.1, 0.15) is 33.3 Å². The molecule has 1 aliphatic rings. The van der Waals surface area contributed by atoms with E-state index in [1.807, 2.05) is 37.3 Å². The Kier molecular flexibility index (Phi) is 6.78. The Morgan fingerprint density at radius 3 is 2.58 bits per heavy atom. The van der Waals surface area contributed by atoms with Gasteiger partial charge in [0.25, 0.3) is 0 Å². The first-order valence-corrected chi connectivity index (χ1v) is 8.73. The third kappa shape index (κ3) is 5.83. The molecule has 136 valence electrons. The second-order valence-corrected chi connectivity index (χ2v) is 7.98. The number of hydrogen-bond acceptors (Lipinski definition) is 5. The van der Waals surface area contributed by atoms with Gasteiger partial charge in [-0.3, -0.25) is 0 Å². The number of ether oxygens (including phenoxy) is 2. The van der Waals surface area contributed by atoms with Gasteiger partial charge in [0.05, 0.1) is 31.4 Å². The summed E-state index contributed by atoms with van der Waals surface area (Å²) in [4.78, 5) is 0. The summed E-state index contributed by atoms with van der Waals surface area (Å²) in [6.45, 7) is 9.41. The molecule has 0 radical (unpaired) electrons. The van der Waals surface area contributed by atoms with Crippen molar-refractivity contribution in [3.05, 3.63) is 35.9 Å².